The van der Waals surface area contributed by atoms with Gasteiger partial charge in [-0.15, -0.1) is 21.5 Å². The molecule has 0 aromatic carbocycles. The summed E-state index contributed by atoms with van der Waals surface area (Å²) < 4.78 is 1.92. The summed E-state index contributed by atoms with van der Waals surface area (Å²) >= 11 is 3.04. The van der Waals surface area contributed by atoms with Crippen molar-refractivity contribution in [3.05, 3.63) is 50.7 Å². The maximum absolute atomic E-state index is 12.6. The first-order valence-electron chi connectivity index (χ1n) is 8.15. The maximum atomic E-state index is 12.6. The fraction of sp³-hybridized carbons (Fsp3) is 0.333. The van der Waals surface area contributed by atoms with Gasteiger partial charge in [0.25, 0.3) is 0 Å². The molecule has 0 aliphatic rings. The number of carbonyl (C=O) groups is 2. The fourth-order valence-electron chi connectivity index (χ4n) is 2.95. The zero-order chi connectivity index (χ0) is 18.8. The second-order valence-corrected chi connectivity index (χ2v) is 8.08. The van der Waals surface area contributed by atoms with Crippen LogP contribution in [-0.2, 0) is 13.5 Å². The first-order valence-corrected chi connectivity index (χ1v) is 10.0. The molecule has 3 aromatic rings. The highest BCUT2D eigenvalue weighted by Crippen LogP contribution is 2.23. The van der Waals surface area contributed by atoms with Crippen LogP contribution >= 0.6 is 23.1 Å². The number of hydrogen-bond acceptors (Lipinski definition) is 6. The Labute approximate surface area is 160 Å². The van der Waals surface area contributed by atoms with Gasteiger partial charge in [-0.05, 0) is 37.8 Å². The van der Waals surface area contributed by atoms with E-state index in [0.717, 1.165) is 23.5 Å². The van der Waals surface area contributed by atoms with Crippen LogP contribution < -0.4 is 0 Å². The van der Waals surface area contributed by atoms with Crippen LogP contribution in [0.25, 0.3) is 0 Å². The second kappa shape index (κ2) is 7.59. The Morgan fingerprint density at radius 1 is 1.31 bits per heavy atom. The number of H-pyrrole nitrogens is 1. The summed E-state index contributed by atoms with van der Waals surface area (Å²) in [6, 6.07) is 4.08. The molecule has 8 heteroatoms. The standard InChI is InChI=1S/C18H20N4O2S2/c1-10-16(12(3)23)11(2)19-17(10)14(24)9-26-18-21-20-15(22(18)4)8-13-6-5-7-25-13/h5-7,19H,8-9H2,1-4H3. The van der Waals surface area contributed by atoms with Crippen LogP contribution in [0.2, 0.25) is 0 Å². The van der Waals surface area contributed by atoms with Gasteiger partial charge in [-0.3, -0.25) is 9.59 Å². The normalized spacial score (nSPS) is 11.1. The zero-order valence-corrected chi connectivity index (χ0v) is 16.8. The number of aromatic nitrogens is 4. The molecule has 0 atom stereocenters. The lowest BCUT2D eigenvalue weighted by atomic mass is 10.1. The molecule has 1 N–H and O–H groups in total. The highest BCUT2D eigenvalue weighted by Gasteiger charge is 2.20. The molecule has 3 rings (SSSR count). The van der Waals surface area contributed by atoms with Crippen molar-refractivity contribution in [2.45, 2.75) is 32.3 Å². The Morgan fingerprint density at radius 3 is 2.69 bits per heavy atom. The number of nitrogens with zero attached hydrogens (tertiary/aromatic N) is 3. The van der Waals surface area contributed by atoms with Gasteiger partial charge in [0.2, 0.25) is 0 Å². The summed E-state index contributed by atoms with van der Waals surface area (Å²) in [7, 11) is 1.91. The Balaban J connectivity index is 1.70. The van der Waals surface area contributed by atoms with Gasteiger partial charge in [0.1, 0.15) is 5.82 Å². The average molecular weight is 389 g/mol. The van der Waals surface area contributed by atoms with Crippen molar-refractivity contribution in [3.63, 3.8) is 0 Å². The van der Waals surface area contributed by atoms with Crippen LogP contribution in [0.1, 0.15) is 49.7 Å². The molecule has 3 heterocycles. The van der Waals surface area contributed by atoms with Crippen LogP contribution in [-0.4, -0.2) is 37.1 Å². The summed E-state index contributed by atoms with van der Waals surface area (Å²) in [6.07, 6.45) is 0.729. The lowest BCUT2D eigenvalue weighted by Crippen LogP contribution is -2.07. The molecule has 0 bridgehead atoms. The third-order valence-electron chi connectivity index (χ3n) is 4.24. The average Bonchev–Trinajstić information content (AvgIpc) is 3.28. The van der Waals surface area contributed by atoms with E-state index in [1.807, 2.05) is 30.0 Å². The van der Waals surface area contributed by atoms with E-state index in [-0.39, 0.29) is 17.3 Å². The molecular formula is C18H20N4O2S2. The molecule has 136 valence electrons. The highest BCUT2D eigenvalue weighted by atomic mass is 32.2. The smallest absolute Gasteiger partial charge is 0.191 e. The molecule has 0 radical (unpaired) electrons. The first-order chi connectivity index (χ1) is 12.4. The molecule has 6 nitrogen and oxygen atoms in total. The zero-order valence-electron chi connectivity index (χ0n) is 15.1. The van der Waals surface area contributed by atoms with Crippen molar-refractivity contribution in [2.24, 2.45) is 7.05 Å². The van der Waals surface area contributed by atoms with Crippen molar-refractivity contribution >= 4 is 34.7 Å². The van der Waals surface area contributed by atoms with Crippen molar-refractivity contribution in [2.75, 3.05) is 5.75 Å². The van der Waals surface area contributed by atoms with E-state index in [0.29, 0.717) is 16.4 Å². The lowest BCUT2D eigenvalue weighted by Gasteiger charge is -2.03. The van der Waals surface area contributed by atoms with E-state index >= 15 is 0 Å². The Bertz CT molecular complexity index is 954. The van der Waals surface area contributed by atoms with Gasteiger partial charge < -0.3 is 9.55 Å². The predicted molar refractivity (Wildman–Crippen MR) is 103 cm³/mol. The van der Waals surface area contributed by atoms with Gasteiger partial charge in [-0.25, -0.2) is 0 Å². The Hall–Kier alpha value is -2.19. The molecule has 0 aliphatic heterocycles. The van der Waals surface area contributed by atoms with E-state index in [9.17, 15) is 9.59 Å². The molecule has 0 saturated carbocycles. The largest absolute Gasteiger partial charge is 0.355 e. The highest BCUT2D eigenvalue weighted by molar-refractivity contribution is 7.99. The summed E-state index contributed by atoms with van der Waals surface area (Å²) in [5.41, 5.74) is 2.56. The minimum Gasteiger partial charge on any atom is -0.355 e. The molecule has 26 heavy (non-hydrogen) atoms. The van der Waals surface area contributed by atoms with Crippen molar-refractivity contribution in [3.8, 4) is 0 Å². The molecule has 0 saturated heterocycles. The molecule has 0 aliphatic carbocycles. The van der Waals surface area contributed by atoms with Gasteiger partial charge in [0.15, 0.2) is 16.7 Å². The number of aromatic amines is 1. The number of Topliss-reactive ketones (excluding diaryl/α,β-unsaturated/α-hetero) is 2. The molecule has 0 amide bonds. The number of nitrogens with one attached hydrogen (secondary N) is 1. The molecule has 0 spiro atoms. The molecule has 3 aromatic heterocycles. The van der Waals surface area contributed by atoms with Gasteiger partial charge in [0, 0.05) is 29.6 Å². The quantitative estimate of drug-likeness (QED) is 0.494. The Kier molecular flexibility index (Phi) is 5.43. The Morgan fingerprint density at radius 2 is 2.08 bits per heavy atom. The van der Waals surface area contributed by atoms with Crippen molar-refractivity contribution < 1.29 is 9.59 Å². The van der Waals surface area contributed by atoms with Crippen LogP contribution in [0.4, 0.5) is 0 Å². The van der Waals surface area contributed by atoms with Crippen molar-refractivity contribution in [1.29, 1.82) is 0 Å². The number of hydrogen-bond donors (Lipinski definition) is 1. The van der Waals surface area contributed by atoms with Crippen LogP contribution in [0.3, 0.4) is 0 Å². The first kappa shape index (κ1) is 18.6. The lowest BCUT2D eigenvalue weighted by molar-refractivity contribution is 0.101. The monoisotopic (exact) mass is 388 g/mol. The minimum atomic E-state index is -0.0501. The van der Waals surface area contributed by atoms with E-state index in [4.69, 9.17) is 0 Å². The number of carbonyl (C=O) groups excluding carboxylic acids is 2. The van der Waals surface area contributed by atoms with Gasteiger partial charge in [-0.1, -0.05) is 17.8 Å². The van der Waals surface area contributed by atoms with E-state index < -0.39 is 0 Å². The summed E-state index contributed by atoms with van der Waals surface area (Å²) in [5, 5.41) is 11.2. The van der Waals surface area contributed by atoms with E-state index in [1.165, 1.54) is 23.6 Å². The summed E-state index contributed by atoms with van der Waals surface area (Å²) in [6.45, 7) is 5.13. The van der Waals surface area contributed by atoms with Crippen LogP contribution in [0.5, 0.6) is 0 Å². The fourth-order valence-corrected chi connectivity index (χ4v) is 4.46. The number of thioether (sulfide) groups is 1. The topological polar surface area (TPSA) is 80.6 Å². The maximum Gasteiger partial charge on any atom is 0.191 e. The number of rotatable bonds is 7. The predicted octanol–water partition coefficient (Wildman–Crippen LogP) is 3.59. The summed E-state index contributed by atoms with van der Waals surface area (Å²) in [5.74, 6) is 1.02. The third kappa shape index (κ3) is 3.66. The van der Waals surface area contributed by atoms with E-state index in [2.05, 4.69) is 21.2 Å². The minimum absolute atomic E-state index is 0.0329. The SMILES string of the molecule is CC(=O)c1c(C)[nH]c(C(=O)CSc2nnc(Cc3cccs3)n2C)c1C. The second-order valence-electron chi connectivity index (χ2n) is 6.11. The summed E-state index contributed by atoms with van der Waals surface area (Å²) in [4.78, 5) is 28.6. The van der Waals surface area contributed by atoms with Crippen molar-refractivity contribution in [1.82, 2.24) is 19.7 Å². The third-order valence-corrected chi connectivity index (χ3v) is 6.13. The number of aryl methyl sites for hydroxylation is 1. The molecule has 0 fully saturated rings. The van der Waals surface area contributed by atoms with Gasteiger partial charge in [-0.2, -0.15) is 0 Å². The van der Waals surface area contributed by atoms with Gasteiger partial charge in [0.05, 0.1) is 11.4 Å². The molecular weight excluding hydrogens is 368 g/mol. The number of ketones is 2. The van der Waals surface area contributed by atoms with Crippen LogP contribution in [0.15, 0.2) is 22.7 Å². The molecule has 0 unspecified atom stereocenters. The number of thiophene rings is 1. The van der Waals surface area contributed by atoms with Gasteiger partial charge >= 0.3 is 0 Å². The van der Waals surface area contributed by atoms with E-state index in [1.54, 1.807) is 18.3 Å². The van der Waals surface area contributed by atoms with Crippen LogP contribution in [0, 0.1) is 13.8 Å².